The van der Waals surface area contributed by atoms with Crippen molar-refractivity contribution in [1.29, 1.82) is 0 Å². The fourth-order valence-electron chi connectivity index (χ4n) is 2.22. The number of ether oxygens (including phenoxy) is 1. The minimum atomic E-state index is -0.984. The van der Waals surface area contributed by atoms with Gasteiger partial charge in [-0.2, -0.15) is 0 Å². The highest BCUT2D eigenvalue weighted by molar-refractivity contribution is 8.00. The second-order valence-corrected chi connectivity index (χ2v) is 6.25. The summed E-state index contributed by atoms with van der Waals surface area (Å²) in [7, 11) is 0. The number of carbonyl (C=O) groups excluding carboxylic acids is 3. The Labute approximate surface area is 157 Å². The number of rotatable bonds is 7. The lowest BCUT2D eigenvalue weighted by Gasteiger charge is -2.05. The molecule has 27 heavy (non-hydrogen) atoms. The summed E-state index contributed by atoms with van der Waals surface area (Å²) in [5, 5.41) is 2.32. The first-order valence-electron chi connectivity index (χ1n) is 7.72. The summed E-state index contributed by atoms with van der Waals surface area (Å²) in [5.74, 6) is -4.47. The van der Waals surface area contributed by atoms with Gasteiger partial charge in [0.25, 0.3) is 5.91 Å². The largest absolute Gasteiger partial charge is 0.462 e. The molecule has 2 rings (SSSR count). The molecule has 0 fully saturated rings. The summed E-state index contributed by atoms with van der Waals surface area (Å²) in [6.07, 6.45) is 0. The number of hydrogen-bond donors (Lipinski definition) is 2. The highest BCUT2D eigenvalue weighted by Crippen LogP contribution is 2.28. The van der Waals surface area contributed by atoms with Gasteiger partial charge in [-0.15, -0.1) is 11.8 Å². The third kappa shape index (κ3) is 4.85. The number of benzene rings is 1. The molecule has 2 aromatic rings. The van der Waals surface area contributed by atoms with Gasteiger partial charge in [-0.1, -0.05) is 0 Å². The van der Waals surface area contributed by atoms with Crippen LogP contribution < -0.4 is 11.1 Å². The van der Waals surface area contributed by atoms with Gasteiger partial charge in [0, 0.05) is 11.0 Å². The lowest BCUT2D eigenvalue weighted by molar-refractivity contribution is -0.113. The topological polar surface area (TPSA) is 112 Å². The molecule has 0 saturated heterocycles. The van der Waals surface area contributed by atoms with Crippen molar-refractivity contribution in [3.8, 4) is 0 Å². The van der Waals surface area contributed by atoms with Crippen molar-refractivity contribution < 1.29 is 32.3 Å². The first-order chi connectivity index (χ1) is 12.7. The van der Waals surface area contributed by atoms with Crippen molar-refractivity contribution in [2.75, 3.05) is 17.7 Å². The number of anilines is 1. The van der Waals surface area contributed by atoms with Crippen LogP contribution in [0.4, 0.5) is 14.7 Å². The molecule has 1 heterocycles. The molecule has 0 spiro atoms. The number of nitrogens with two attached hydrogens (primary N) is 1. The van der Waals surface area contributed by atoms with E-state index in [9.17, 15) is 23.2 Å². The number of esters is 1. The minimum absolute atomic E-state index is 0.0507. The summed E-state index contributed by atoms with van der Waals surface area (Å²) in [5.41, 5.74) is 4.81. The van der Waals surface area contributed by atoms with Crippen molar-refractivity contribution in [3.05, 3.63) is 46.7 Å². The Hall–Kier alpha value is -2.88. The van der Waals surface area contributed by atoms with Crippen LogP contribution in [0.15, 0.2) is 27.5 Å². The van der Waals surface area contributed by atoms with Crippen LogP contribution in [0.3, 0.4) is 0 Å². The highest BCUT2D eigenvalue weighted by atomic mass is 32.2. The molecule has 10 heteroatoms. The summed E-state index contributed by atoms with van der Waals surface area (Å²) < 4.78 is 36.6. The number of nitrogens with one attached hydrogen (secondary N) is 1. The number of aryl methyl sites for hydroxylation is 1. The van der Waals surface area contributed by atoms with Gasteiger partial charge in [0.2, 0.25) is 11.8 Å². The third-order valence-corrected chi connectivity index (χ3v) is 4.36. The van der Waals surface area contributed by atoms with Gasteiger partial charge in [-0.3, -0.25) is 14.9 Å². The van der Waals surface area contributed by atoms with E-state index in [0.29, 0.717) is 6.07 Å². The van der Waals surface area contributed by atoms with Crippen LogP contribution in [0, 0.1) is 18.6 Å². The normalized spacial score (nSPS) is 10.5. The van der Waals surface area contributed by atoms with E-state index >= 15 is 0 Å². The maximum absolute atomic E-state index is 13.6. The SMILES string of the molecule is CCOC(=O)c1c(C)oc(NC(=O)CSc2ccc(F)cc2F)c1C(N)=O. The summed E-state index contributed by atoms with van der Waals surface area (Å²) in [6, 6.07) is 2.97. The molecule has 0 unspecified atom stereocenters. The smallest absolute Gasteiger partial charge is 0.342 e. The van der Waals surface area contributed by atoms with E-state index in [-0.39, 0.29) is 40.0 Å². The Balaban J connectivity index is 2.16. The van der Waals surface area contributed by atoms with Gasteiger partial charge in [-0.05, 0) is 26.0 Å². The molecule has 0 atom stereocenters. The number of halogens is 2. The number of hydrogen-bond acceptors (Lipinski definition) is 6. The van der Waals surface area contributed by atoms with E-state index in [1.807, 2.05) is 0 Å². The molecule has 144 valence electrons. The molecule has 0 aliphatic heterocycles. The molecule has 0 bridgehead atoms. The summed E-state index contributed by atoms with van der Waals surface area (Å²) >= 11 is 0.820. The molecule has 3 N–H and O–H groups in total. The van der Waals surface area contributed by atoms with Gasteiger partial charge in [0.1, 0.15) is 28.5 Å². The van der Waals surface area contributed by atoms with Gasteiger partial charge in [0.15, 0.2) is 0 Å². The maximum Gasteiger partial charge on any atom is 0.342 e. The lowest BCUT2D eigenvalue weighted by atomic mass is 10.1. The number of furan rings is 1. The van der Waals surface area contributed by atoms with Crippen LogP contribution in [0.2, 0.25) is 0 Å². The predicted molar refractivity (Wildman–Crippen MR) is 93.6 cm³/mol. The minimum Gasteiger partial charge on any atom is -0.462 e. The summed E-state index contributed by atoms with van der Waals surface area (Å²) in [6.45, 7) is 3.08. The molecule has 2 amide bonds. The van der Waals surface area contributed by atoms with Crippen molar-refractivity contribution in [2.24, 2.45) is 5.73 Å². The van der Waals surface area contributed by atoms with Crippen molar-refractivity contribution in [3.63, 3.8) is 0 Å². The van der Waals surface area contributed by atoms with Crippen molar-refractivity contribution in [1.82, 2.24) is 0 Å². The molecule has 0 aliphatic carbocycles. The average Bonchev–Trinajstić information content (AvgIpc) is 2.90. The number of amides is 2. The van der Waals surface area contributed by atoms with Crippen LogP contribution in [-0.2, 0) is 9.53 Å². The molecule has 0 aliphatic rings. The zero-order valence-electron chi connectivity index (χ0n) is 14.4. The standard InChI is InChI=1S/C17H16F2N2O5S/c1-3-25-17(24)13-8(2)26-16(14(13)15(20)23)21-12(22)7-27-11-5-4-9(18)6-10(11)19/h4-6H,3,7H2,1-2H3,(H2,20,23)(H,21,22). The fraction of sp³-hybridized carbons (Fsp3) is 0.235. The second kappa shape index (κ2) is 8.67. The number of carbonyl (C=O) groups is 3. The molecule has 1 aromatic carbocycles. The highest BCUT2D eigenvalue weighted by Gasteiger charge is 2.29. The zero-order chi connectivity index (χ0) is 20.1. The third-order valence-electron chi connectivity index (χ3n) is 3.32. The van der Waals surface area contributed by atoms with Gasteiger partial charge < -0.3 is 14.9 Å². The van der Waals surface area contributed by atoms with E-state index in [2.05, 4.69) is 5.32 Å². The molecule has 0 radical (unpaired) electrons. The first-order valence-corrected chi connectivity index (χ1v) is 8.71. The maximum atomic E-state index is 13.6. The van der Waals surface area contributed by atoms with Crippen LogP contribution >= 0.6 is 11.8 Å². The van der Waals surface area contributed by atoms with Crippen molar-refractivity contribution >= 4 is 35.4 Å². The number of primary amides is 1. The van der Waals surface area contributed by atoms with Gasteiger partial charge in [-0.25, -0.2) is 13.6 Å². The molecular formula is C17H16F2N2O5S. The van der Waals surface area contributed by atoms with Crippen molar-refractivity contribution in [2.45, 2.75) is 18.7 Å². The zero-order valence-corrected chi connectivity index (χ0v) is 15.2. The molecule has 7 nitrogen and oxygen atoms in total. The van der Waals surface area contributed by atoms with E-state index in [0.717, 1.165) is 17.8 Å². The quantitative estimate of drug-likeness (QED) is 0.548. The van der Waals surface area contributed by atoms with Crippen LogP contribution in [0.5, 0.6) is 0 Å². The molecule has 1 aromatic heterocycles. The second-order valence-electron chi connectivity index (χ2n) is 5.23. The Morgan fingerprint density at radius 3 is 2.56 bits per heavy atom. The fourth-order valence-corrected chi connectivity index (χ4v) is 2.94. The first kappa shape index (κ1) is 20.4. The Morgan fingerprint density at radius 2 is 1.96 bits per heavy atom. The Bertz CT molecular complexity index is 898. The van der Waals surface area contributed by atoms with E-state index in [1.165, 1.54) is 13.0 Å². The van der Waals surface area contributed by atoms with E-state index in [1.54, 1.807) is 6.92 Å². The van der Waals surface area contributed by atoms with E-state index < -0.39 is 29.4 Å². The number of thioether (sulfide) groups is 1. The van der Waals surface area contributed by atoms with Gasteiger partial charge in [0.05, 0.1) is 12.4 Å². The molecular weight excluding hydrogens is 382 g/mol. The Kier molecular flexibility index (Phi) is 6.56. The van der Waals surface area contributed by atoms with Crippen LogP contribution in [0.25, 0.3) is 0 Å². The van der Waals surface area contributed by atoms with Gasteiger partial charge >= 0.3 is 5.97 Å². The Morgan fingerprint density at radius 1 is 1.26 bits per heavy atom. The van der Waals surface area contributed by atoms with E-state index in [4.69, 9.17) is 14.9 Å². The predicted octanol–water partition coefficient (Wildman–Crippen LogP) is 2.87. The lowest BCUT2D eigenvalue weighted by Crippen LogP contribution is -2.21. The monoisotopic (exact) mass is 398 g/mol. The molecule has 0 saturated carbocycles. The average molecular weight is 398 g/mol. The van der Waals surface area contributed by atoms with Crippen LogP contribution in [-0.4, -0.2) is 30.1 Å². The summed E-state index contributed by atoms with van der Waals surface area (Å²) in [4.78, 5) is 35.9. The van der Waals surface area contributed by atoms with Crippen LogP contribution in [0.1, 0.15) is 33.4 Å².